The van der Waals surface area contributed by atoms with Crippen molar-refractivity contribution in [3.8, 4) is 28.9 Å². The van der Waals surface area contributed by atoms with Crippen molar-refractivity contribution in [1.82, 2.24) is 5.27 Å². The average Bonchev–Trinajstić information content (AvgIpc) is 3.55. The molecule has 0 unspecified atom stereocenters. The third-order valence-corrected chi connectivity index (χ3v) is 6.98. The van der Waals surface area contributed by atoms with Crippen molar-refractivity contribution in [3.63, 3.8) is 0 Å². The first-order valence-electron chi connectivity index (χ1n) is 12.3. The number of carbonyl (C=O) groups is 2. The standard InChI is InChI=1S/C29H24N4O7S/c1-37-23-15-18(16-24(38-2)26(23)39-3)14-21-27(35)32(19-10-6-4-7-11-19)29(30-21)41-17-22(34)25-28(36)40-31-33(25)20-12-8-5-9-13-20/h4-16H,17H2,1-3H3/b21-14+. The summed E-state index contributed by atoms with van der Waals surface area (Å²) >= 11 is 1.02. The number of hydrogen-bond donors (Lipinski definition) is 0. The average molecular weight is 573 g/mol. The van der Waals surface area contributed by atoms with Crippen molar-refractivity contribution < 1.29 is 38.1 Å². The van der Waals surface area contributed by atoms with Gasteiger partial charge in [0.1, 0.15) is 5.70 Å². The maximum absolute atomic E-state index is 13.6. The van der Waals surface area contributed by atoms with Gasteiger partial charge in [-0.3, -0.25) is 14.5 Å². The largest absolute Gasteiger partial charge is 0.539 e. The predicted molar refractivity (Wildman–Crippen MR) is 150 cm³/mol. The number of para-hydroxylation sites is 2. The van der Waals surface area contributed by atoms with Gasteiger partial charge in [0.25, 0.3) is 5.91 Å². The number of aromatic nitrogens is 2. The molecule has 5 rings (SSSR count). The molecule has 1 amide bonds. The third kappa shape index (κ3) is 5.50. The number of carbonyl (C=O) groups excluding carboxylic acids is 2. The third-order valence-electron chi connectivity index (χ3n) is 6.04. The number of thioether (sulfide) groups is 1. The lowest BCUT2D eigenvalue weighted by atomic mass is 10.1. The molecule has 0 fully saturated rings. The first-order chi connectivity index (χ1) is 19.9. The van der Waals surface area contributed by atoms with Gasteiger partial charge in [0, 0.05) is 12.1 Å². The van der Waals surface area contributed by atoms with E-state index in [-0.39, 0.29) is 22.3 Å². The van der Waals surface area contributed by atoms with Gasteiger partial charge in [0.05, 0.1) is 38.0 Å². The van der Waals surface area contributed by atoms with E-state index in [1.165, 1.54) is 26.2 Å². The fraction of sp³-hybridized carbons (Fsp3) is 0.138. The van der Waals surface area contributed by atoms with E-state index in [4.69, 9.17) is 18.7 Å². The predicted octanol–water partition coefficient (Wildman–Crippen LogP) is 3.41. The summed E-state index contributed by atoms with van der Waals surface area (Å²) in [5.74, 6) is -0.728. The van der Waals surface area contributed by atoms with Crippen molar-refractivity contribution in [1.29, 1.82) is 0 Å². The Morgan fingerprint density at radius 2 is 1.63 bits per heavy atom. The van der Waals surface area contributed by atoms with Gasteiger partial charge in [-0.25, -0.2) is 4.99 Å². The molecule has 3 aromatic carbocycles. The van der Waals surface area contributed by atoms with Crippen molar-refractivity contribution in [2.45, 2.75) is 0 Å². The highest BCUT2D eigenvalue weighted by atomic mass is 32.2. The summed E-state index contributed by atoms with van der Waals surface area (Å²) in [5, 5.41) is 16.4. The molecule has 2 heterocycles. The maximum Gasteiger partial charge on any atom is 0.307 e. The zero-order valence-electron chi connectivity index (χ0n) is 22.3. The Labute approximate surface area is 239 Å². The van der Waals surface area contributed by atoms with Crippen LogP contribution in [0.3, 0.4) is 0 Å². The SMILES string of the molecule is COc1cc(/C=C2/N=C(SCC(=O)c3c([O-])on[n+]3-c3ccccc3)N(c3ccccc3)C2=O)cc(OC)c1OC. The van der Waals surface area contributed by atoms with Crippen molar-refractivity contribution in [2.75, 3.05) is 32.0 Å². The molecule has 1 aliphatic rings. The molecule has 1 aromatic heterocycles. The number of amides is 1. The molecule has 1 aliphatic heterocycles. The van der Waals surface area contributed by atoms with Gasteiger partial charge in [0.15, 0.2) is 22.6 Å². The maximum atomic E-state index is 13.6. The number of benzene rings is 3. The Balaban J connectivity index is 1.48. The van der Waals surface area contributed by atoms with Gasteiger partial charge in [-0.05, 0) is 40.6 Å². The van der Waals surface area contributed by atoms with Gasteiger partial charge in [-0.2, -0.15) is 0 Å². The van der Waals surface area contributed by atoms with E-state index in [9.17, 15) is 14.7 Å². The molecule has 4 aromatic rings. The van der Waals surface area contributed by atoms with Crippen molar-refractivity contribution >= 4 is 40.4 Å². The number of ether oxygens (including phenoxy) is 3. The Morgan fingerprint density at radius 3 is 2.24 bits per heavy atom. The molecule has 0 radical (unpaired) electrons. The topological polar surface area (TPSA) is 130 Å². The molecular formula is C29H24N4O7S. The second-order valence-electron chi connectivity index (χ2n) is 8.53. The molecule has 12 heteroatoms. The Kier molecular flexibility index (Phi) is 8.01. The smallest absolute Gasteiger partial charge is 0.307 e. The Morgan fingerprint density at radius 1 is 1.00 bits per heavy atom. The number of nitrogens with zero attached hydrogens (tertiary/aromatic N) is 4. The molecule has 208 valence electrons. The number of ketones is 1. The summed E-state index contributed by atoms with van der Waals surface area (Å²) in [6.07, 6.45) is 1.59. The molecular weight excluding hydrogens is 548 g/mol. The van der Waals surface area contributed by atoms with Crippen LogP contribution in [-0.4, -0.2) is 49.2 Å². The molecule has 0 bridgehead atoms. The van der Waals surface area contributed by atoms with Gasteiger partial charge in [-0.15, -0.1) is 0 Å². The van der Waals surface area contributed by atoms with E-state index in [2.05, 4.69) is 10.3 Å². The minimum atomic E-state index is -0.855. The van der Waals surface area contributed by atoms with Gasteiger partial charge in [0.2, 0.25) is 17.2 Å². The van der Waals surface area contributed by atoms with Crippen molar-refractivity contribution in [2.24, 2.45) is 4.99 Å². The molecule has 0 N–H and O–H groups in total. The zero-order chi connectivity index (χ0) is 28.9. The first kappa shape index (κ1) is 27.5. The second kappa shape index (κ2) is 12.0. The Bertz CT molecular complexity index is 1630. The van der Waals surface area contributed by atoms with E-state index in [0.717, 1.165) is 16.4 Å². The van der Waals surface area contributed by atoms with Gasteiger partial charge >= 0.3 is 5.69 Å². The second-order valence-corrected chi connectivity index (χ2v) is 9.47. The van der Waals surface area contributed by atoms with E-state index in [1.54, 1.807) is 72.8 Å². The molecule has 0 saturated heterocycles. The summed E-state index contributed by atoms with van der Waals surface area (Å²) in [5.41, 5.74) is 1.56. The molecule has 11 nitrogen and oxygen atoms in total. The number of aliphatic imine (C=N–C) groups is 1. The highest BCUT2D eigenvalue weighted by Crippen LogP contribution is 2.39. The monoisotopic (exact) mass is 572 g/mol. The minimum absolute atomic E-state index is 0.131. The summed E-state index contributed by atoms with van der Waals surface area (Å²) in [6, 6.07) is 21.0. The highest BCUT2D eigenvalue weighted by Gasteiger charge is 2.34. The Hall–Kier alpha value is -5.10. The van der Waals surface area contributed by atoms with Crippen LogP contribution in [0.4, 0.5) is 5.69 Å². The quantitative estimate of drug-likeness (QED) is 0.168. The summed E-state index contributed by atoms with van der Waals surface area (Å²) in [4.78, 5) is 32.8. The number of Topliss-reactive ketones (excluding diaryl/α,β-unsaturated/α-hetero) is 1. The van der Waals surface area contributed by atoms with Gasteiger partial charge in [-0.1, -0.05) is 48.2 Å². The van der Waals surface area contributed by atoms with Crippen molar-refractivity contribution in [3.05, 3.63) is 89.8 Å². The summed E-state index contributed by atoms with van der Waals surface area (Å²) in [6.45, 7) is 0. The van der Waals surface area contributed by atoms with E-state index in [0.29, 0.717) is 34.2 Å². The number of hydrogen-bond acceptors (Lipinski definition) is 10. The lowest BCUT2D eigenvalue weighted by Gasteiger charge is -2.17. The minimum Gasteiger partial charge on any atom is -0.539 e. The molecule has 0 aliphatic carbocycles. The first-order valence-corrected chi connectivity index (χ1v) is 13.2. The summed E-state index contributed by atoms with van der Waals surface area (Å²) in [7, 11) is 4.50. The molecule has 41 heavy (non-hydrogen) atoms. The number of methoxy groups -OCH3 is 3. The normalized spacial score (nSPS) is 13.8. The number of amidine groups is 1. The van der Waals surface area contributed by atoms with Crippen LogP contribution in [0, 0.1) is 0 Å². The van der Waals surface area contributed by atoms with Crippen LogP contribution in [0.15, 0.2) is 88.0 Å². The highest BCUT2D eigenvalue weighted by molar-refractivity contribution is 8.14. The lowest BCUT2D eigenvalue weighted by Crippen LogP contribution is -2.39. The van der Waals surface area contributed by atoms with Crippen LogP contribution in [0.1, 0.15) is 16.1 Å². The van der Waals surface area contributed by atoms with Crippen LogP contribution in [0.5, 0.6) is 23.2 Å². The van der Waals surface area contributed by atoms with E-state index >= 15 is 0 Å². The lowest BCUT2D eigenvalue weighted by molar-refractivity contribution is -0.672. The van der Waals surface area contributed by atoms with Crippen LogP contribution < -0.4 is 28.9 Å². The number of anilines is 1. The molecule has 0 atom stereocenters. The molecule has 0 spiro atoms. The fourth-order valence-electron chi connectivity index (χ4n) is 4.16. The summed E-state index contributed by atoms with van der Waals surface area (Å²) < 4.78 is 22.2. The van der Waals surface area contributed by atoms with E-state index in [1.807, 2.05) is 6.07 Å². The van der Waals surface area contributed by atoms with Crippen LogP contribution in [0.2, 0.25) is 0 Å². The van der Waals surface area contributed by atoms with Crippen LogP contribution >= 0.6 is 11.8 Å². The fourth-order valence-corrected chi connectivity index (χ4v) is 5.04. The van der Waals surface area contributed by atoms with Crippen LogP contribution in [-0.2, 0) is 4.79 Å². The van der Waals surface area contributed by atoms with Gasteiger partial charge < -0.3 is 23.8 Å². The zero-order valence-corrected chi connectivity index (χ0v) is 23.1. The van der Waals surface area contributed by atoms with Crippen LogP contribution in [0.25, 0.3) is 11.8 Å². The molecule has 0 saturated carbocycles. The number of rotatable bonds is 9. The van der Waals surface area contributed by atoms with E-state index < -0.39 is 17.6 Å².